The molecule has 2 atom stereocenters. The van der Waals surface area contributed by atoms with Crippen molar-refractivity contribution in [1.29, 1.82) is 0 Å². The van der Waals surface area contributed by atoms with Crippen LogP contribution in [0.15, 0.2) is 0 Å². The van der Waals surface area contributed by atoms with Gasteiger partial charge in [-0.05, 0) is 32.7 Å². The molecular weight excluding hydrogens is 117 g/mol. The van der Waals surface area contributed by atoms with Crippen molar-refractivity contribution in [2.24, 2.45) is 0 Å². The quantitative estimate of drug-likeness (QED) is 0.525. The van der Waals surface area contributed by atoms with E-state index < -0.39 is 6.17 Å². The zero-order valence-electron chi connectivity index (χ0n) is 5.86. The largest absolute Gasteiger partial charge is 0.314 e. The van der Waals surface area contributed by atoms with Crippen LogP contribution in [0.25, 0.3) is 0 Å². The van der Waals surface area contributed by atoms with Gasteiger partial charge in [0.2, 0.25) is 0 Å². The van der Waals surface area contributed by atoms with E-state index in [2.05, 4.69) is 12.2 Å². The molecule has 9 heavy (non-hydrogen) atoms. The highest BCUT2D eigenvalue weighted by Crippen LogP contribution is 2.11. The van der Waals surface area contributed by atoms with E-state index in [4.69, 9.17) is 0 Å². The third-order valence-corrected chi connectivity index (χ3v) is 1.86. The van der Waals surface area contributed by atoms with E-state index in [0.29, 0.717) is 12.5 Å². The van der Waals surface area contributed by atoms with E-state index in [0.717, 1.165) is 19.4 Å². The third kappa shape index (κ3) is 2.31. The molecule has 54 valence electrons. The second-order valence-corrected chi connectivity index (χ2v) is 2.82. The van der Waals surface area contributed by atoms with Crippen LogP contribution >= 0.6 is 0 Å². The molecule has 2 heteroatoms. The molecule has 0 saturated carbocycles. The Balaban J connectivity index is 2.25. The summed E-state index contributed by atoms with van der Waals surface area (Å²) in [5, 5.41) is 3.23. The van der Waals surface area contributed by atoms with Gasteiger partial charge in [-0.3, -0.25) is 0 Å². The minimum absolute atomic E-state index is 0.519. The van der Waals surface area contributed by atoms with Crippen LogP contribution in [-0.4, -0.2) is 18.8 Å². The molecule has 0 spiro atoms. The van der Waals surface area contributed by atoms with Crippen LogP contribution in [0.5, 0.6) is 0 Å². The van der Waals surface area contributed by atoms with Crippen molar-refractivity contribution >= 4 is 0 Å². The van der Waals surface area contributed by atoms with Gasteiger partial charge in [-0.25, -0.2) is 4.39 Å². The molecule has 1 rings (SSSR count). The Labute approximate surface area is 55.6 Å². The molecule has 1 N–H and O–H groups in total. The smallest absolute Gasteiger partial charge is 0.101 e. The number of nitrogens with one attached hydrogen (secondary N) is 1. The highest BCUT2D eigenvalue weighted by Gasteiger charge is 2.13. The summed E-state index contributed by atoms with van der Waals surface area (Å²) in [5.41, 5.74) is 0. The Hall–Kier alpha value is -0.110. The van der Waals surface area contributed by atoms with Crippen molar-refractivity contribution in [2.45, 2.75) is 38.4 Å². The van der Waals surface area contributed by atoms with E-state index in [9.17, 15) is 4.39 Å². The van der Waals surface area contributed by atoms with Crippen LogP contribution < -0.4 is 5.32 Å². The first-order valence-electron chi connectivity index (χ1n) is 3.66. The maximum atomic E-state index is 12.6. The molecule has 1 heterocycles. The summed E-state index contributed by atoms with van der Waals surface area (Å²) in [5.74, 6) is 0. The lowest BCUT2D eigenvalue weighted by molar-refractivity contribution is 0.305. The van der Waals surface area contributed by atoms with E-state index in [1.54, 1.807) is 0 Å². The molecule has 0 bridgehead atoms. The predicted octanol–water partition coefficient (Wildman–Crippen LogP) is 1.49. The van der Waals surface area contributed by atoms with Crippen molar-refractivity contribution in [2.75, 3.05) is 6.54 Å². The first-order valence-corrected chi connectivity index (χ1v) is 3.66. The Bertz CT molecular complexity index is 75.0. The molecule has 0 amide bonds. The Kier molecular flexibility index (Phi) is 2.46. The third-order valence-electron chi connectivity index (χ3n) is 1.86. The SMILES string of the molecule is C[C@@H]1CC[C@@H](F)CCN1. The van der Waals surface area contributed by atoms with E-state index in [1.165, 1.54) is 0 Å². The van der Waals surface area contributed by atoms with Gasteiger partial charge >= 0.3 is 0 Å². The summed E-state index contributed by atoms with van der Waals surface area (Å²) < 4.78 is 12.6. The van der Waals surface area contributed by atoms with Crippen molar-refractivity contribution < 1.29 is 4.39 Å². The lowest BCUT2D eigenvalue weighted by atomic mass is 10.1. The van der Waals surface area contributed by atoms with Gasteiger partial charge in [-0.15, -0.1) is 0 Å². The highest BCUT2D eigenvalue weighted by molar-refractivity contribution is 4.70. The maximum Gasteiger partial charge on any atom is 0.101 e. The molecule has 1 aliphatic heterocycles. The van der Waals surface area contributed by atoms with Crippen molar-refractivity contribution in [1.82, 2.24) is 5.32 Å². The summed E-state index contributed by atoms with van der Waals surface area (Å²) in [6.45, 7) is 2.96. The summed E-state index contributed by atoms with van der Waals surface area (Å²) in [6, 6.07) is 0.519. The second kappa shape index (κ2) is 3.16. The molecule has 0 aromatic heterocycles. The predicted molar refractivity (Wildman–Crippen MR) is 36.2 cm³/mol. The number of halogens is 1. The Morgan fingerprint density at radius 3 is 2.89 bits per heavy atom. The van der Waals surface area contributed by atoms with Gasteiger partial charge in [-0.1, -0.05) is 0 Å². The fraction of sp³-hybridized carbons (Fsp3) is 1.00. The molecule has 1 aliphatic rings. The van der Waals surface area contributed by atoms with Crippen LogP contribution in [-0.2, 0) is 0 Å². The highest BCUT2D eigenvalue weighted by atomic mass is 19.1. The van der Waals surface area contributed by atoms with Gasteiger partial charge in [0.1, 0.15) is 6.17 Å². The molecule has 0 aliphatic carbocycles. The average molecular weight is 131 g/mol. The monoisotopic (exact) mass is 131 g/mol. The standard InChI is InChI=1S/C7H14FN/c1-6-2-3-7(8)4-5-9-6/h6-7,9H,2-5H2,1H3/t6-,7-/m1/s1. The Morgan fingerprint density at radius 2 is 2.11 bits per heavy atom. The fourth-order valence-corrected chi connectivity index (χ4v) is 1.16. The Morgan fingerprint density at radius 1 is 1.33 bits per heavy atom. The molecule has 1 saturated heterocycles. The number of rotatable bonds is 0. The first-order chi connectivity index (χ1) is 4.29. The van der Waals surface area contributed by atoms with Gasteiger partial charge in [0, 0.05) is 6.04 Å². The minimum Gasteiger partial charge on any atom is -0.314 e. The topological polar surface area (TPSA) is 12.0 Å². The van der Waals surface area contributed by atoms with Crippen molar-refractivity contribution in [3.63, 3.8) is 0 Å². The zero-order chi connectivity index (χ0) is 6.69. The molecule has 0 radical (unpaired) electrons. The van der Waals surface area contributed by atoms with Gasteiger partial charge in [0.25, 0.3) is 0 Å². The zero-order valence-corrected chi connectivity index (χ0v) is 5.86. The maximum absolute atomic E-state index is 12.6. The van der Waals surface area contributed by atoms with Gasteiger partial charge in [0.05, 0.1) is 0 Å². The van der Waals surface area contributed by atoms with Gasteiger partial charge in [0.15, 0.2) is 0 Å². The first kappa shape index (κ1) is 7.00. The lowest BCUT2D eigenvalue weighted by Gasteiger charge is -2.06. The van der Waals surface area contributed by atoms with Crippen LogP contribution in [0, 0.1) is 0 Å². The molecule has 1 fully saturated rings. The van der Waals surface area contributed by atoms with Crippen molar-refractivity contribution in [3.8, 4) is 0 Å². The molecular formula is C7H14FN. The van der Waals surface area contributed by atoms with E-state index >= 15 is 0 Å². The number of hydrogen-bond acceptors (Lipinski definition) is 1. The second-order valence-electron chi connectivity index (χ2n) is 2.82. The molecule has 0 aromatic carbocycles. The van der Waals surface area contributed by atoms with Gasteiger partial charge < -0.3 is 5.32 Å². The minimum atomic E-state index is -0.553. The average Bonchev–Trinajstić information content (AvgIpc) is 1.97. The van der Waals surface area contributed by atoms with Crippen LogP contribution in [0.4, 0.5) is 4.39 Å². The van der Waals surface area contributed by atoms with Crippen LogP contribution in [0.3, 0.4) is 0 Å². The fourth-order valence-electron chi connectivity index (χ4n) is 1.16. The van der Waals surface area contributed by atoms with Crippen LogP contribution in [0.1, 0.15) is 26.2 Å². The molecule has 0 unspecified atom stereocenters. The summed E-state index contributed by atoms with van der Waals surface area (Å²) in [7, 11) is 0. The van der Waals surface area contributed by atoms with Gasteiger partial charge in [-0.2, -0.15) is 0 Å². The van der Waals surface area contributed by atoms with Crippen LogP contribution in [0.2, 0.25) is 0 Å². The summed E-state index contributed by atoms with van der Waals surface area (Å²) in [4.78, 5) is 0. The summed E-state index contributed by atoms with van der Waals surface area (Å²) >= 11 is 0. The number of hydrogen-bond donors (Lipinski definition) is 1. The number of alkyl halides is 1. The molecule has 1 nitrogen and oxygen atoms in total. The molecule has 0 aromatic rings. The lowest BCUT2D eigenvalue weighted by Crippen LogP contribution is -2.24. The van der Waals surface area contributed by atoms with Crippen molar-refractivity contribution in [3.05, 3.63) is 0 Å². The summed E-state index contributed by atoms with van der Waals surface area (Å²) in [6.07, 6.45) is 1.88. The van der Waals surface area contributed by atoms with E-state index in [-0.39, 0.29) is 0 Å². The normalized spacial score (nSPS) is 38.0. The van der Waals surface area contributed by atoms with E-state index in [1.807, 2.05) is 0 Å².